The average Bonchev–Trinajstić information content (AvgIpc) is 2.45. The molecule has 1 aliphatic carbocycles. The minimum absolute atomic E-state index is 0.363. The summed E-state index contributed by atoms with van der Waals surface area (Å²) < 4.78 is 5.91. The van der Waals surface area contributed by atoms with E-state index in [1.807, 2.05) is 18.2 Å². The van der Waals surface area contributed by atoms with Crippen LogP contribution < -0.4 is 0 Å². The van der Waals surface area contributed by atoms with Gasteiger partial charge in [-0.25, -0.2) is 9.79 Å². The van der Waals surface area contributed by atoms with Crippen LogP contribution in [0.3, 0.4) is 0 Å². The van der Waals surface area contributed by atoms with Crippen molar-refractivity contribution in [3.05, 3.63) is 35.9 Å². The third kappa shape index (κ3) is 4.10. The molecule has 0 heterocycles. The molecule has 0 amide bonds. The number of nitrogens with zero attached hydrogens (tertiary/aromatic N) is 1. The van der Waals surface area contributed by atoms with E-state index in [1.54, 1.807) is 6.08 Å². The van der Waals surface area contributed by atoms with Crippen LogP contribution in [-0.2, 0) is 16.1 Å². The summed E-state index contributed by atoms with van der Waals surface area (Å²) in [6, 6.07) is 10.3. The monoisotopic (exact) mass is 245 g/mol. The van der Waals surface area contributed by atoms with Crippen molar-refractivity contribution in [1.29, 1.82) is 0 Å². The zero-order valence-electron chi connectivity index (χ0n) is 10.5. The molecule has 18 heavy (non-hydrogen) atoms. The first-order valence-electron chi connectivity index (χ1n) is 6.57. The van der Waals surface area contributed by atoms with E-state index >= 15 is 0 Å². The van der Waals surface area contributed by atoms with Crippen molar-refractivity contribution in [2.45, 2.75) is 38.4 Å². The van der Waals surface area contributed by atoms with Crippen molar-refractivity contribution >= 4 is 6.08 Å². The fourth-order valence-corrected chi connectivity index (χ4v) is 2.44. The van der Waals surface area contributed by atoms with Crippen LogP contribution in [0, 0.1) is 5.92 Å². The zero-order valence-corrected chi connectivity index (χ0v) is 10.5. The summed E-state index contributed by atoms with van der Waals surface area (Å²) in [5, 5.41) is 0. The fourth-order valence-electron chi connectivity index (χ4n) is 2.44. The second-order valence-electron chi connectivity index (χ2n) is 4.87. The van der Waals surface area contributed by atoms with Gasteiger partial charge in [-0.1, -0.05) is 30.3 Å². The van der Waals surface area contributed by atoms with Gasteiger partial charge in [0, 0.05) is 0 Å². The van der Waals surface area contributed by atoms with Crippen LogP contribution >= 0.6 is 0 Å². The summed E-state index contributed by atoms with van der Waals surface area (Å²) in [6.45, 7) is 1.33. The zero-order chi connectivity index (χ0) is 12.6. The van der Waals surface area contributed by atoms with Gasteiger partial charge in [0.2, 0.25) is 6.08 Å². The van der Waals surface area contributed by atoms with E-state index in [4.69, 9.17) is 4.74 Å². The number of rotatable bonds is 5. The normalized spacial score (nSPS) is 23.3. The van der Waals surface area contributed by atoms with E-state index in [1.165, 1.54) is 5.56 Å². The van der Waals surface area contributed by atoms with Gasteiger partial charge in [0.1, 0.15) is 0 Å². The first-order valence-corrected chi connectivity index (χ1v) is 6.57. The molecule has 1 saturated carbocycles. The van der Waals surface area contributed by atoms with Gasteiger partial charge in [0.25, 0.3) is 0 Å². The Morgan fingerprint density at radius 2 is 1.89 bits per heavy atom. The van der Waals surface area contributed by atoms with Crippen molar-refractivity contribution in [1.82, 2.24) is 0 Å². The molecule has 0 aliphatic heterocycles. The van der Waals surface area contributed by atoms with Gasteiger partial charge in [-0.15, -0.1) is 0 Å². The predicted molar refractivity (Wildman–Crippen MR) is 70.0 cm³/mol. The maximum absolute atomic E-state index is 10.1. The van der Waals surface area contributed by atoms with Gasteiger partial charge in [-0.2, -0.15) is 0 Å². The van der Waals surface area contributed by atoms with E-state index < -0.39 is 0 Å². The molecule has 1 aromatic rings. The quantitative estimate of drug-likeness (QED) is 0.590. The molecular weight excluding hydrogens is 226 g/mol. The van der Waals surface area contributed by atoms with Gasteiger partial charge in [0.15, 0.2) is 0 Å². The lowest BCUT2D eigenvalue weighted by Gasteiger charge is -2.27. The Labute approximate surface area is 108 Å². The van der Waals surface area contributed by atoms with E-state index in [2.05, 4.69) is 17.1 Å². The van der Waals surface area contributed by atoms with Crippen LogP contribution in [0.4, 0.5) is 0 Å². The number of hydrogen-bond donors (Lipinski definition) is 0. The number of hydrogen-bond acceptors (Lipinski definition) is 3. The molecule has 0 atom stereocenters. The summed E-state index contributed by atoms with van der Waals surface area (Å²) >= 11 is 0. The standard InChI is InChI=1S/C15H19NO2/c17-12-16-10-13-6-8-15(9-7-13)18-11-14-4-2-1-3-5-14/h1-5,13,15H,6-11H2. The Kier molecular flexibility index (Phi) is 5.13. The highest BCUT2D eigenvalue weighted by molar-refractivity contribution is 5.32. The SMILES string of the molecule is O=C=NCC1CCC(OCc2ccccc2)CC1. The maximum atomic E-state index is 10.1. The van der Waals surface area contributed by atoms with E-state index in [9.17, 15) is 4.79 Å². The summed E-state index contributed by atoms with van der Waals surface area (Å²) in [6.07, 6.45) is 6.33. The molecule has 1 fully saturated rings. The summed E-state index contributed by atoms with van der Waals surface area (Å²) in [5.41, 5.74) is 1.23. The third-order valence-electron chi connectivity index (χ3n) is 3.54. The molecule has 0 spiro atoms. The minimum atomic E-state index is 0.363. The summed E-state index contributed by atoms with van der Waals surface area (Å²) in [4.78, 5) is 13.7. The van der Waals surface area contributed by atoms with E-state index in [0.717, 1.165) is 25.7 Å². The van der Waals surface area contributed by atoms with E-state index in [-0.39, 0.29) is 0 Å². The Hall–Kier alpha value is -1.44. The first kappa shape index (κ1) is 13.0. The highest BCUT2D eigenvalue weighted by atomic mass is 16.5. The van der Waals surface area contributed by atoms with Crippen LogP contribution in [0.15, 0.2) is 35.3 Å². The lowest BCUT2D eigenvalue weighted by molar-refractivity contribution is 0.00800. The van der Waals surface area contributed by atoms with Gasteiger partial charge in [-0.3, -0.25) is 0 Å². The predicted octanol–water partition coefficient (Wildman–Crippen LogP) is 3.10. The number of ether oxygens (including phenoxy) is 1. The third-order valence-corrected chi connectivity index (χ3v) is 3.54. The second kappa shape index (κ2) is 7.10. The average molecular weight is 245 g/mol. The Morgan fingerprint density at radius 3 is 2.56 bits per heavy atom. The molecule has 3 nitrogen and oxygen atoms in total. The number of carbonyl (C=O) groups excluding carboxylic acids is 1. The van der Waals surface area contributed by atoms with Crippen LogP contribution in [0.2, 0.25) is 0 Å². The Morgan fingerprint density at radius 1 is 1.17 bits per heavy atom. The second-order valence-corrected chi connectivity index (χ2v) is 4.87. The van der Waals surface area contributed by atoms with Gasteiger partial charge in [0.05, 0.1) is 19.3 Å². The van der Waals surface area contributed by atoms with Crippen LogP contribution in [-0.4, -0.2) is 18.7 Å². The minimum Gasteiger partial charge on any atom is -0.374 e. The number of benzene rings is 1. The van der Waals surface area contributed by atoms with Crippen molar-refractivity contribution in [3.63, 3.8) is 0 Å². The molecule has 1 aromatic carbocycles. The van der Waals surface area contributed by atoms with Gasteiger partial charge < -0.3 is 4.74 Å². The smallest absolute Gasteiger partial charge is 0.234 e. The Balaban J connectivity index is 1.69. The molecule has 0 bridgehead atoms. The van der Waals surface area contributed by atoms with Crippen molar-refractivity contribution in [2.24, 2.45) is 10.9 Å². The highest BCUT2D eigenvalue weighted by Gasteiger charge is 2.21. The summed E-state index contributed by atoms with van der Waals surface area (Å²) in [7, 11) is 0. The fraction of sp³-hybridized carbons (Fsp3) is 0.533. The van der Waals surface area contributed by atoms with Crippen LogP contribution in [0.1, 0.15) is 31.2 Å². The van der Waals surface area contributed by atoms with Crippen molar-refractivity contribution in [3.8, 4) is 0 Å². The Bertz CT molecular complexity index is 390. The van der Waals surface area contributed by atoms with Crippen LogP contribution in [0.5, 0.6) is 0 Å². The number of aliphatic imine (C=N–C) groups is 1. The molecule has 0 radical (unpaired) electrons. The van der Waals surface area contributed by atoms with Crippen molar-refractivity contribution < 1.29 is 9.53 Å². The molecule has 0 N–H and O–H groups in total. The van der Waals surface area contributed by atoms with Gasteiger partial charge >= 0.3 is 0 Å². The van der Waals surface area contributed by atoms with Crippen molar-refractivity contribution in [2.75, 3.05) is 6.54 Å². The molecular formula is C15H19NO2. The van der Waals surface area contributed by atoms with Crippen LogP contribution in [0.25, 0.3) is 0 Å². The topological polar surface area (TPSA) is 38.7 Å². The van der Waals surface area contributed by atoms with Gasteiger partial charge in [-0.05, 0) is 37.2 Å². The lowest BCUT2D eigenvalue weighted by Crippen LogP contribution is -2.22. The molecule has 96 valence electrons. The molecule has 0 saturated heterocycles. The maximum Gasteiger partial charge on any atom is 0.234 e. The molecule has 1 aliphatic rings. The molecule has 0 aromatic heterocycles. The number of isocyanates is 1. The molecule has 0 unspecified atom stereocenters. The largest absolute Gasteiger partial charge is 0.374 e. The molecule has 2 rings (SSSR count). The lowest BCUT2D eigenvalue weighted by atomic mass is 9.87. The van der Waals surface area contributed by atoms with E-state index in [0.29, 0.717) is 25.2 Å². The highest BCUT2D eigenvalue weighted by Crippen LogP contribution is 2.26. The molecule has 3 heteroatoms. The first-order chi connectivity index (χ1) is 8.88. The summed E-state index contributed by atoms with van der Waals surface area (Å²) in [5.74, 6) is 0.544.